The van der Waals surface area contributed by atoms with Crippen LogP contribution in [0.4, 0.5) is 0 Å². The third-order valence-corrected chi connectivity index (χ3v) is 4.38. The smallest absolute Gasteiger partial charge is 0.222 e. The molecule has 0 radical (unpaired) electrons. The number of halogens is 2. The van der Waals surface area contributed by atoms with E-state index in [1.165, 1.54) is 11.1 Å². The normalized spacial score (nSPS) is 11.0. The molecule has 0 aliphatic rings. The number of nitrogens with two attached hydrogens (primary N) is 1. The summed E-state index contributed by atoms with van der Waals surface area (Å²) in [5.74, 6) is 0.173. The lowest BCUT2D eigenvalue weighted by molar-refractivity contribution is -0.131. The van der Waals surface area contributed by atoms with Crippen molar-refractivity contribution < 1.29 is 4.79 Å². The lowest BCUT2D eigenvalue weighted by Crippen LogP contribution is -2.39. The van der Waals surface area contributed by atoms with Gasteiger partial charge in [0.05, 0.1) is 0 Å². The minimum Gasteiger partial charge on any atom is -0.345 e. The minimum absolute atomic E-state index is 0. The summed E-state index contributed by atoms with van der Waals surface area (Å²) >= 11 is 3.49. The number of rotatable bonds is 6. The van der Waals surface area contributed by atoms with Gasteiger partial charge in [0, 0.05) is 24.5 Å². The van der Waals surface area contributed by atoms with Crippen molar-refractivity contribution in [1.29, 1.82) is 0 Å². The number of aryl methyl sites for hydroxylation is 2. The first kappa shape index (κ1) is 20.4. The van der Waals surface area contributed by atoms with Crippen molar-refractivity contribution in [1.82, 2.24) is 4.90 Å². The Kier molecular flexibility index (Phi) is 8.52. The summed E-state index contributed by atoms with van der Waals surface area (Å²) in [4.78, 5) is 13.9. The Morgan fingerprint density at radius 3 is 2.52 bits per heavy atom. The van der Waals surface area contributed by atoms with Crippen LogP contribution in [0.1, 0.15) is 31.4 Å². The second-order valence-corrected chi connectivity index (χ2v) is 7.06. The van der Waals surface area contributed by atoms with Crippen LogP contribution in [0.15, 0.2) is 22.7 Å². The summed E-state index contributed by atoms with van der Waals surface area (Å²) in [5.41, 5.74) is 8.08. The molecule has 0 aliphatic carbocycles. The van der Waals surface area contributed by atoms with E-state index in [1.54, 1.807) is 4.90 Å². The molecule has 1 aromatic rings. The average Bonchev–Trinajstić information content (AvgIpc) is 2.39. The maximum Gasteiger partial charge on any atom is 0.222 e. The van der Waals surface area contributed by atoms with Crippen molar-refractivity contribution in [2.24, 2.45) is 11.1 Å². The van der Waals surface area contributed by atoms with Gasteiger partial charge in [0.1, 0.15) is 0 Å². The minimum atomic E-state index is -0.0292. The Bertz CT molecular complexity index is 477. The largest absolute Gasteiger partial charge is 0.345 e. The van der Waals surface area contributed by atoms with Crippen molar-refractivity contribution in [3.05, 3.63) is 33.8 Å². The van der Waals surface area contributed by atoms with Gasteiger partial charge in [-0.15, -0.1) is 12.4 Å². The van der Waals surface area contributed by atoms with E-state index in [4.69, 9.17) is 5.73 Å². The number of nitrogens with zero attached hydrogens (tertiary/aromatic N) is 1. The van der Waals surface area contributed by atoms with Gasteiger partial charge in [-0.05, 0) is 42.5 Å². The Morgan fingerprint density at radius 2 is 2.00 bits per heavy atom. The highest BCUT2D eigenvalue weighted by molar-refractivity contribution is 9.10. The third kappa shape index (κ3) is 6.81. The van der Waals surface area contributed by atoms with E-state index >= 15 is 0 Å². The molecule has 0 aliphatic heterocycles. The molecular weight excluding hydrogens is 352 g/mol. The summed E-state index contributed by atoms with van der Waals surface area (Å²) in [6.45, 7) is 7.49. The number of carbonyl (C=O) groups excluding carboxylic acids is 1. The van der Waals surface area contributed by atoms with Crippen LogP contribution < -0.4 is 5.73 Å². The topological polar surface area (TPSA) is 46.3 Å². The van der Waals surface area contributed by atoms with Gasteiger partial charge >= 0.3 is 0 Å². The molecule has 0 spiro atoms. The number of hydrogen-bond donors (Lipinski definition) is 1. The zero-order valence-electron chi connectivity index (χ0n) is 13.3. The van der Waals surface area contributed by atoms with Crippen molar-refractivity contribution in [2.45, 2.75) is 33.6 Å². The molecule has 1 rings (SSSR count). The first-order chi connectivity index (χ1) is 9.25. The summed E-state index contributed by atoms with van der Waals surface area (Å²) < 4.78 is 1.11. The Balaban J connectivity index is 0.00000400. The molecule has 21 heavy (non-hydrogen) atoms. The molecule has 5 heteroatoms. The quantitative estimate of drug-likeness (QED) is 0.824. The molecule has 1 aromatic carbocycles. The molecule has 0 saturated heterocycles. The molecular formula is C16H26BrClN2O. The lowest BCUT2D eigenvalue weighted by atomic mass is 9.93. The number of hydrogen-bond acceptors (Lipinski definition) is 2. The molecule has 1 amide bonds. The summed E-state index contributed by atoms with van der Waals surface area (Å²) in [6.07, 6.45) is 1.32. The maximum absolute atomic E-state index is 12.1. The highest BCUT2D eigenvalue weighted by atomic mass is 79.9. The summed E-state index contributed by atoms with van der Waals surface area (Å²) in [5, 5.41) is 0. The highest BCUT2D eigenvalue weighted by Gasteiger charge is 2.20. The van der Waals surface area contributed by atoms with E-state index in [0.717, 1.165) is 10.9 Å². The van der Waals surface area contributed by atoms with Crippen molar-refractivity contribution in [2.75, 3.05) is 20.1 Å². The van der Waals surface area contributed by atoms with Crippen LogP contribution in [0.2, 0.25) is 0 Å². The SMILES string of the molecule is Cc1cc(CCC(=O)N(C)CC(C)(C)CN)ccc1Br.Cl. The van der Waals surface area contributed by atoms with E-state index in [2.05, 4.69) is 48.8 Å². The van der Waals surface area contributed by atoms with Crippen LogP contribution in [-0.4, -0.2) is 30.9 Å². The summed E-state index contributed by atoms with van der Waals surface area (Å²) in [6, 6.07) is 6.23. The van der Waals surface area contributed by atoms with E-state index in [1.807, 2.05) is 13.1 Å². The van der Waals surface area contributed by atoms with Crippen molar-refractivity contribution in [3.8, 4) is 0 Å². The van der Waals surface area contributed by atoms with Crippen LogP contribution in [0.25, 0.3) is 0 Å². The predicted molar refractivity (Wildman–Crippen MR) is 94.9 cm³/mol. The molecule has 0 bridgehead atoms. The van der Waals surface area contributed by atoms with Crippen LogP contribution in [-0.2, 0) is 11.2 Å². The zero-order valence-corrected chi connectivity index (χ0v) is 15.7. The standard InChI is InChI=1S/C16H25BrN2O.ClH/c1-12-9-13(5-7-14(12)17)6-8-15(20)19(4)11-16(2,3)10-18;/h5,7,9H,6,8,10-11,18H2,1-4H3;1H. The molecule has 0 atom stereocenters. The Morgan fingerprint density at radius 1 is 1.38 bits per heavy atom. The third-order valence-electron chi connectivity index (χ3n) is 3.49. The van der Waals surface area contributed by atoms with Gasteiger partial charge in [-0.2, -0.15) is 0 Å². The fourth-order valence-electron chi connectivity index (χ4n) is 2.10. The molecule has 0 aromatic heterocycles. The molecule has 0 saturated carbocycles. The average molecular weight is 378 g/mol. The molecule has 120 valence electrons. The van der Waals surface area contributed by atoms with Gasteiger partial charge in [0.25, 0.3) is 0 Å². The maximum atomic E-state index is 12.1. The van der Waals surface area contributed by atoms with Crippen LogP contribution in [0, 0.1) is 12.3 Å². The lowest BCUT2D eigenvalue weighted by Gasteiger charge is -2.29. The summed E-state index contributed by atoms with van der Waals surface area (Å²) in [7, 11) is 1.85. The van der Waals surface area contributed by atoms with Gasteiger partial charge in [-0.1, -0.05) is 41.9 Å². The second-order valence-electron chi connectivity index (χ2n) is 6.20. The van der Waals surface area contributed by atoms with Gasteiger partial charge in [0.15, 0.2) is 0 Å². The Hall–Kier alpha value is -0.580. The molecule has 2 N–H and O–H groups in total. The predicted octanol–water partition coefficient (Wildman–Crippen LogP) is 3.56. The Labute approximate surface area is 142 Å². The first-order valence-electron chi connectivity index (χ1n) is 6.94. The monoisotopic (exact) mass is 376 g/mol. The van der Waals surface area contributed by atoms with Crippen molar-refractivity contribution in [3.63, 3.8) is 0 Å². The van der Waals surface area contributed by atoms with Gasteiger partial charge in [-0.3, -0.25) is 4.79 Å². The van der Waals surface area contributed by atoms with E-state index in [0.29, 0.717) is 19.5 Å². The second kappa shape index (κ2) is 8.76. The van der Waals surface area contributed by atoms with Crippen LogP contribution in [0.5, 0.6) is 0 Å². The van der Waals surface area contributed by atoms with Crippen LogP contribution >= 0.6 is 28.3 Å². The van der Waals surface area contributed by atoms with Crippen LogP contribution in [0.3, 0.4) is 0 Å². The molecule has 0 unspecified atom stereocenters. The number of amides is 1. The van der Waals surface area contributed by atoms with Gasteiger partial charge in [0.2, 0.25) is 5.91 Å². The molecule has 0 heterocycles. The fourth-order valence-corrected chi connectivity index (χ4v) is 2.35. The number of benzene rings is 1. The van der Waals surface area contributed by atoms with E-state index in [9.17, 15) is 4.79 Å². The highest BCUT2D eigenvalue weighted by Crippen LogP contribution is 2.19. The zero-order chi connectivity index (χ0) is 15.3. The van der Waals surface area contributed by atoms with E-state index in [-0.39, 0.29) is 23.7 Å². The first-order valence-corrected chi connectivity index (χ1v) is 7.73. The molecule has 0 fully saturated rings. The number of carbonyl (C=O) groups is 1. The molecule has 3 nitrogen and oxygen atoms in total. The van der Waals surface area contributed by atoms with Gasteiger partial charge < -0.3 is 10.6 Å². The fraction of sp³-hybridized carbons (Fsp3) is 0.562. The van der Waals surface area contributed by atoms with Crippen molar-refractivity contribution >= 4 is 34.2 Å². The van der Waals surface area contributed by atoms with E-state index < -0.39 is 0 Å². The van der Waals surface area contributed by atoms with Gasteiger partial charge in [-0.25, -0.2) is 0 Å².